The van der Waals surface area contributed by atoms with E-state index in [4.69, 9.17) is 9.26 Å². The van der Waals surface area contributed by atoms with Crippen LogP contribution in [-0.4, -0.2) is 47.3 Å². The molecule has 0 N–H and O–H groups in total. The van der Waals surface area contributed by atoms with Crippen LogP contribution in [0.1, 0.15) is 69.5 Å². The lowest BCUT2D eigenvalue weighted by molar-refractivity contribution is -0.132. The molecule has 1 saturated heterocycles. The Morgan fingerprint density at radius 2 is 2.12 bits per heavy atom. The number of likely N-dealkylation sites (tertiary alicyclic amines) is 1. The van der Waals surface area contributed by atoms with Gasteiger partial charge in [0.05, 0.1) is 12.5 Å². The third-order valence-electron chi connectivity index (χ3n) is 5.21. The number of piperidine rings is 1. The number of carbonyl (C=O) groups is 1. The first-order chi connectivity index (χ1) is 11.8. The molecule has 1 amide bonds. The van der Waals surface area contributed by atoms with Crippen molar-refractivity contribution in [2.75, 3.05) is 26.3 Å². The second-order valence-electron chi connectivity index (χ2n) is 7.06. The van der Waals surface area contributed by atoms with Crippen LogP contribution in [0.15, 0.2) is 4.52 Å². The monoisotopic (exact) mass is 335 g/mol. The quantitative estimate of drug-likeness (QED) is 0.717. The number of amides is 1. The minimum Gasteiger partial charge on any atom is -0.381 e. The molecule has 0 bridgehead atoms. The van der Waals surface area contributed by atoms with Crippen LogP contribution in [0.4, 0.5) is 0 Å². The van der Waals surface area contributed by atoms with Gasteiger partial charge in [-0.1, -0.05) is 24.9 Å². The summed E-state index contributed by atoms with van der Waals surface area (Å²) in [4.78, 5) is 18.3. The van der Waals surface area contributed by atoms with Crippen LogP contribution in [0.2, 0.25) is 0 Å². The summed E-state index contributed by atoms with van der Waals surface area (Å²) < 4.78 is 11.2. The standard InChI is InChI=1S/C18H29N3O3/c1-2-17(22)21-10-5-8-15(12-21)18-19-16(20-24-18)9-11-23-13-14-6-3-4-7-14/h14-15H,2-13H2,1H3. The van der Waals surface area contributed by atoms with E-state index in [0.717, 1.165) is 37.7 Å². The predicted octanol–water partition coefficient (Wildman–Crippen LogP) is 2.93. The van der Waals surface area contributed by atoms with E-state index in [2.05, 4.69) is 10.1 Å². The molecule has 1 saturated carbocycles. The van der Waals surface area contributed by atoms with E-state index in [9.17, 15) is 4.79 Å². The lowest BCUT2D eigenvalue weighted by Gasteiger charge is -2.30. The first-order valence-electron chi connectivity index (χ1n) is 9.44. The Labute approximate surface area is 143 Å². The van der Waals surface area contributed by atoms with Crippen molar-refractivity contribution < 1.29 is 14.1 Å². The summed E-state index contributed by atoms with van der Waals surface area (Å²) in [5.74, 6) is 2.52. The molecule has 1 aromatic heterocycles. The summed E-state index contributed by atoms with van der Waals surface area (Å²) in [5.41, 5.74) is 0. The van der Waals surface area contributed by atoms with E-state index >= 15 is 0 Å². The Bertz CT molecular complexity index is 525. The van der Waals surface area contributed by atoms with Gasteiger partial charge in [0, 0.05) is 32.5 Å². The third kappa shape index (κ3) is 4.56. The molecule has 3 rings (SSSR count). The molecule has 6 nitrogen and oxygen atoms in total. The Morgan fingerprint density at radius 3 is 2.92 bits per heavy atom. The predicted molar refractivity (Wildman–Crippen MR) is 89.6 cm³/mol. The molecule has 2 aliphatic rings. The van der Waals surface area contributed by atoms with E-state index in [-0.39, 0.29) is 11.8 Å². The van der Waals surface area contributed by atoms with Crippen molar-refractivity contribution in [3.63, 3.8) is 0 Å². The zero-order valence-electron chi connectivity index (χ0n) is 14.7. The molecule has 6 heteroatoms. The average molecular weight is 335 g/mol. The summed E-state index contributed by atoms with van der Waals surface area (Å²) in [5, 5.41) is 4.08. The van der Waals surface area contributed by atoms with Gasteiger partial charge in [-0.25, -0.2) is 0 Å². The van der Waals surface area contributed by atoms with Crippen LogP contribution in [0, 0.1) is 5.92 Å². The average Bonchev–Trinajstić information content (AvgIpc) is 3.30. The van der Waals surface area contributed by atoms with Gasteiger partial charge < -0.3 is 14.2 Å². The molecule has 2 fully saturated rings. The molecule has 2 heterocycles. The highest BCUT2D eigenvalue weighted by molar-refractivity contribution is 5.75. The van der Waals surface area contributed by atoms with Crippen molar-refractivity contribution in [2.24, 2.45) is 5.92 Å². The van der Waals surface area contributed by atoms with Crippen molar-refractivity contribution in [1.29, 1.82) is 0 Å². The van der Waals surface area contributed by atoms with Crippen LogP contribution >= 0.6 is 0 Å². The Hall–Kier alpha value is -1.43. The summed E-state index contributed by atoms with van der Waals surface area (Å²) >= 11 is 0. The topological polar surface area (TPSA) is 68.5 Å². The summed E-state index contributed by atoms with van der Waals surface area (Å²) in [6.07, 6.45) is 8.57. The van der Waals surface area contributed by atoms with Gasteiger partial charge in [-0.3, -0.25) is 4.79 Å². The van der Waals surface area contributed by atoms with Crippen molar-refractivity contribution in [3.8, 4) is 0 Å². The molecule has 0 radical (unpaired) electrons. The maximum atomic E-state index is 11.9. The minimum atomic E-state index is 0.176. The van der Waals surface area contributed by atoms with Crippen molar-refractivity contribution >= 4 is 5.91 Å². The SMILES string of the molecule is CCC(=O)N1CCCC(c2nc(CCOCC3CCCC3)no2)C1. The number of ether oxygens (including phenoxy) is 1. The molecule has 24 heavy (non-hydrogen) atoms. The normalized spacial score (nSPS) is 22.2. The van der Waals surface area contributed by atoms with Gasteiger partial charge in [0.25, 0.3) is 0 Å². The maximum Gasteiger partial charge on any atom is 0.231 e. The van der Waals surface area contributed by atoms with Crippen LogP contribution in [0.5, 0.6) is 0 Å². The highest BCUT2D eigenvalue weighted by atomic mass is 16.5. The van der Waals surface area contributed by atoms with Crippen LogP contribution in [0.25, 0.3) is 0 Å². The molecule has 0 spiro atoms. The van der Waals surface area contributed by atoms with Gasteiger partial charge in [0.2, 0.25) is 11.8 Å². The first kappa shape index (κ1) is 17.4. The Kier molecular flexibility index (Phi) is 6.24. The van der Waals surface area contributed by atoms with Gasteiger partial charge in [0.1, 0.15) is 0 Å². The van der Waals surface area contributed by atoms with E-state index in [1.54, 1.807) is 0 Å². The molecular formula is C18H29N3O3. The first-order valence-corrected chi connectivity index (χ1v) is 9.44. The molecular weight excluding hydrogens is 306 g/mol. The summed E-state index contributed by atoms with van der Waals surface area (Å²) in [6.45, 7) is 4.97. The molecule has 1 aliphatic carbocycles. The number of nitrogens with zero attached hydrogens (tertiary/aromatic N) is 3. The second-order valence-corrected chi connectivity index (χ2v) is 7.06. The molecule has 134 valence electrons. The number of hydrogen-bond donors (Lipinski definition) is 0. The van der Waals surface area contributed by atoms with Gasteiger partial charge in [-0.2, -0.15) is 4.98 Å². The molecule has 1 atom stereocenters. The summed E-state index contributed by atoms with van der Waals surface area (Å²) in [7, 11) is 0. The Morgan fingerprint density at radius 1 is 1.29 bits per heavy atom. The number of rotatable bonds is 7. The second kappa shape index (κ2) is 8.60. The lowest BCUT2D eigenvalue weighted by Crippen LogP contribution is -2.38. The zero-order valence-corrected chi connectivity index (χ0v) is 14.7. The third-order valence-corrected chi connectivity index (χ3v) is 5.21. The smallest absolute Gasteiger partial charge is 0.231 e. The molecule has 1 aliphatic heterocycles. The van der Waals surface area contributed by atoms with E-state index in [1.165, 1.54) is 25.7 Å². The number of aromatic nitrogens is 2. The van der Waals surface area contributed by atoms with Crippen molar-refractivity contribution in [1.82, 2.24) is 15.0 Å². The van der Waals surface area contributed by atoms with Crippen LogP contribution in [-0.2, 0) is 16.0 Å². The number of carbonyl (C=O) groups excluding carboxylic acids is 1. The molecule has 1 aromatic rings. The highest BCUT2D eigenvalue weighted by Gasteiger charge is 2.27. The van der Waals surface area contributed by atoms with Gasteiger partial charge in [-0.05, 0) is 31.6 Å². The fourth-order valence-corrected chi connectivity index (χ4v) is 3.75. The van der Waals surface area contributed by atoms with E-state index in [0.29, 0.717) is 31.9 Å². The fourth-order valence-electron chi connectivity index (χ4n) is 3.75. The van der Waals surface area contributed by atoms with Crippen molar-refractivity contribution in [2.45, 2.75) is 64.2 Å². The lowest BCUT2D eigenvalue weighted by atomic mass is 9.98. The van der Waals surface area contributed by atoms with Gasteiger partial charge >= 0.3 is 0 Å². The van der Waals surface area contributed by atoms with E-state index in [1.807, 2.05) is 11.8 Å². The highest BCUT2D eigenvalue weighted by Crippen LogP contribution is 2.26. The van der Waals surface area contributed by atoms with Gasteiger partial charge in [0.15, 0.2) is 5.82 Å². The largest absolute Gasteiger partial charge is 0.381 e. The summed E-state index contributed by atoms with van der Waals surface area (Å²) in [6, 6.07) is 0. The Balaban J connectivity index is 1.43. The maximum absolute atomic E-state index is 11.9. The van der Waals surface area contributed by atoms with E-state index < -0.39 is 0 Å². The van der Waals surface area contributed by atoms with Crippen molar-refractivity contribution in [3.05, 3.63) is 11.7 Å². The van der Waals surface area contributed by atoms with Crippen LogP contribution in [0.3, 0.4) is 0 Å². The number of hydrogen-bond acceptors (Lipinski definition) is 5. The van der Waals surface area contributed by atoms with Gasteiger partial charge in [-0.15, -0.1) is 0 Å². The fraction of sp³-hybridized carbons (Fsp3) is 0.833. The molecule has 1 unspecified atom stereocenters. The minimum absolute atomic E-state index is 0.176. The molecule has 0 aromatic carbocycles. The zero-order chi connectivity index (χ0) is 16.8. The van der Waals surface area contributed by atoms with Crippen LogP contribution < -0.4 is 0 Å².